The van der Waals surface area contributed by atoms with Gasteiger partial charge in [0.25, 0.3) is 5.91 Å². The van der Waals surface area contributed by atoms with Crippen molar-refractivity contribution >= 4 is 21.6 Å². The van der Waals surface area contributed by atoms with E-state index in [1.54, 1.807) is 0 Å². The standard InChI is InChI=1S/C18H18F3N3O3S/c19-18(20,21)15-6-1-2-7-16(15)23-24-17(25)13-4-3-5-14(10-13)28(26,27)22-11-12-8-9-12/h1-7,10,12,22-23H,8-9,11H2,(H,24,25). The zero-order valence-electron chi connectivity index (χ0n) is 14.6. The number of para-hydroxylation sites is 1. The molecule has 1 saturated carbocycles. The molecule has 0 spiro atoms. The summed E-state index contributed by atoms with van der Waals surface area (Å²) in [5, 5.41) is 0. The summed E-state index contributed by atoms with van der Waals surface area (Å²) in [5.41, 5.74) is 3.14. The Morgan fingerprint density at radius 1 is 1.07 bits per heavy atom. The lowest BCUT2D eigenvalue weighted by molar-refractivity contribution is -0.137. The van der Waals surface area contributed by atoms with Crippen LogP contribution in [0, 0.1) is 5.92 Å². The minimum absolute atomic E-state index is 0.00807. The third-order valence-electron chi connectivity index (χ3n) is 4.21. The Hall–Kier alpha value is -2.59. The third-order valence-corrected chi connectivity index (χ3v) is 5.63. The number of hydrazine groups is 1. The number of hydrogen-bond donors (Lipinski definition) is 3. The Kier molecular flexibility index (Phi) is 5.61. The molecule has 0 bridgehead atoms. The van der Waals surface area contributed by atoms with Gasteiger partial charge in [-0.15, -0.1) is 0 Å². The fraction of sp³-hybridized carbons (Fsp3) is 0.278. The average molecular weight is 413 g/mol. The quantitative estimate of drug-likeness (QED) is 0.609. The van der Waals surface area contributed by atoms with Gasteiger partial charge in [0.15, 0.2) is 0 Å². The van der Waals surface area contributed by atoms with Crippen LogP contribution in [0.15, 0.2) is 53.4 Å². The molecule has 0 atom stereocenters. The van der Waals surface area contributed by atoms with Gasteiger partial charge < -0.3 is 0 Å². The summed E-state index contributed by atoms with van der Waals surface area (Å²) in [5.74, 6) is -0.421. The van der Waals surface area contributed by atoms with Gasteiger partial charge in [-0.05, 0) is 49.1 Å². The normalized spacial score (nSPS) is 14.5. The summed E-state index contributed by atoms with van der Waals surface area (Å²) < 4.78 is 66.0. The van der Waals surface area contributed by atoms with Crippen LogP contribution >= 0.6 is 0 Å². The average Bonchev–Trinajstić information content (AvgIpc) is 3.49. The number of carbonyl (C=O) groups excluding carboxylic acids is 1. The van der Waals surface area contributed by atoms with E-state index in [9.17, 15) is 26.4 Å². The molecule has 1 fully saturated rings. The van der Waals surface area contributed by atoms with Gasteiger partial charge in [-0.1, -0.05) is 18.2 Å². The van der Waals surface area contributed by atoms with E-state index in [1.165, 1.54) is 42.5 Å². The highest BCUT2D eigenvalue weighted by molar-refractivity contribution is 7.89. The Morgan fingerprint density at radius 2 is 1.79 bits per heavy atom. The molecule has 0 saturated heterocycles. The topological polar surface area (TPSA) is 87.3 Å². The van der Waals surface area contributed by atoms with Crippen molar-refractivity contribution in [2.75, 3.05) is 12.0 Å². The number of carbonyl (C=O) groups is 1. The highest BCUT2D eigenvalue weighted by atomic mass is 32.2. The zero-order chi connectivity index (χ0) is 20.4. The molecule has 2 aromatic rings. The van der Waals surface area contributed by atoms with Crippen molar-refractivity contribution in [3.63, 3.8) is 0 Å². The number of halogens is 3. The second kappa shape index (κ2) is 7.80. The molecule has 2 aromatic carbocycles. The fourth-order valence-electron chi connectivity index (χ4n) is 2.47. The lowest BCUT2D eigenvalue weighted by atomic mass is 10.2. The van der Waals surface area contributed by atoms with Gasteiger partial charge in [0.2, 0.25) is 10.0 Å². The van der Waals surface area contributed by atoms with Gasteiger partial charge in [-0.3, -0.25) is 15.6 Å². The number of benzene rings is 2. The number of rotatable bonds is 7. The molecule has 0 heterocycles. The van der Waals surface area contributed by atoms with Crippen LogP contribution in [0.5, 0.6) is 0 Å². The van der Waals surface area contributed by atoms with E-state index in [0.29, 0.717) is 12.5 Å². The Morgan fingerprint density at radius 3 is 2.46 bits per heavy atom. The van der Waals surface area contributed by atoms with Gasteiger partial charge in [-0.2, -0.15) is 13.2 Å². The lowest BCUT2D eigenvalue weighted by Crippen LogP contribution is -2.31. The number of anilines is 1. The van der Waals surface area contributed by atoms with Crippen LogP contribution in [-0.4, -0.2) is 20.9 Å². The molecule has 28 heavy (non-hydrogen) atoms. The summed E-state index contributed by atoms with van der Waals surface area (Å²) in [7, 11) is -3.76. The molecule has 0 aromatic heterocycles. The molecule has 1 amide bonds. The number of nitrogens with one attached hydrogen (secondary N) is 3. The molecule has 3 N–H and O–H groups in total. The van der Waals surface area contributed by atoms with E-state index in [1.807, 2.05) is 0 Å². The lowest BCUT2D eigenvalue weighted by Gasteiger charge is -2.15. The molecule has 10 heteroatoms. The van der Waals surface area contributed by atoms with E-state index in [2.05, 4.69) is 15.6 Å². The number of amides is 1. The van der Waals surface area contributed by atoms with Crippen molar-refractivity contribution in [2.24, 2.45) is 5.92 Å². The van der Waals surface area contributed by atoms with Crippen molar-refractivity contribution in [1.29, 1.82) is 0 Å². The van der Waals surface area contributed by atoms with Crippen molar-refractivity contribution in [3.8, 4) is 0 Å². The van der Waals surface area contributed by atoms with E-state index in [4.69, 9.17) is 0 Å². The third kappa shape index (κ3) is 5.02. The minimum atomic E-state index is -4.59. The SMILES string of the molecule is O=C(NNc1ccccc1C(F)(F)F)c1cccc(S(=O)(=O)NCC2CC2)c1. The molecule has 0 unspecified atom stereocenters. The molecule has 3 rings (SSSR count). The smallest absolute Gasteiger partial charge is 0.298 e. The van der Waals surface area contributed by atoms with Crippen LogP contribution in [0.2, 0.25) is 0 Å². The summed E-state index contributed by atoms with van der Waals surface area (Å²) in [4.78, 5) is 12.2. The summed E-state index contributed by atoms with van der Waals surface area (Å²) in [6.45, 7) is 0.342. The van der Waals surface area contributed by atoms with Crippen LogP contribution in [0.3, 0.4) is 0 Å². The Balaban J connectivity index is 1.70. The number of alkyl halides is 3. The van der Waals surface area contributed by atoms with Crippen molar-refractivity contribution in [1.82, 2.24) is 10.1 Å². The molecular formula is C18H18F3N3O3S. The van der Waals surface area contributed by atoms with Crippen molar-refractivity contribution < 1.29 is 26.4 Å². The first kappa shape index (κ1) is 20.2. The predicted octanol–water partition coefficient (Wildman–Crippen LogP) is 3.15. The maximum absolute atomic E-state index is 13.0. The Labute approximate surface area is 160 Å². The molecule has 6 nitrogen and oxygen atoms in total. The predicted molar refractivity (Wildman–Crippen MR) is 96.9 cm³/mol. The Bertz CT molecular complexity index is 973. The van der Waals surface area contributed by atoms with Crippen LogP contribution in [-0.2, 0) is 16.2 Å². The largest absolute Gasteiger partial charge is 0.418 e. The molecular weight excluding hydrogens is 395 g/mol. The molecule has 1 aliphatic carbocycles. The van der Waals surface area contributed by atoms with Crippen LogP contribution in [0.1, 0.15) is 28.8 Å². The summed E-state index contributed by atoms with van der Waals surface area (Å²) >= 11 is 0. The zero-order valence-corrected chi connectivity index (χ0v) is 15.4. The maximum Gasteiger partial charge on any atom is 0.418 e. The molecule has 0 aliphatic heterocycles. The van der Waals surface area contributed by atoms with Gasteiger partial charge in [0, 0.05) is 12.1 Å². The first-order valence-electron chi connectivity index (χ1n) is 8.49. The van der Waals surface area contributed by atoms with Gasteiger partial charge in [-0.25, -0.2) is 13.1 Å². The first-order chi connectivity index (χ1) is 13.2. The molecule has 150 valence electrons. The monoisotopic (exact) mass is 413 g/mol. The minimum Gasteiger partial charge on any atom is -0.298 e. The van der Waals surface area contributed by atoms with Crippen molar-refractivity contribution in [3.05, 3.63) is 59.7 Å². The van der Waals surface area contributed by atoms with E-state index in [0.717, 1.165) is 18.9 Å². The molecule has 0 radical (unpaired) electrons. The number of sulfonamides is 1. The summed E-state index contributed by atoms with van der Waals surface area (Å²) in [6.07, 6.45) is -2.62. The van der Waals surface area contributed by atoms with E-state index in [-0.39, 0.29) is 16.1 Å². The van der Waals surface area contributed by atoms with Crippen LogP contribution < -0.4 is 15.6 Å². The maximum atomic E-state index is 13.0. The van der Waals surface area contributed by atoms with E-state index >= 15 is 0 Å². The van der Waals surface area contributed by atoms with Gasteiger partial charge in [0.05, 0.1) is 16.1 Å². The highest BCUT2D eigenvalue weighted by Crippen LogP contribution is 2.34. The second-order valence-electron chi connectivity index (χ2n) is 6.45. The van der Waals surface area contributed by atoms with Crippen LogP contribution in [0.4, 0.5) is 18.9 Å². The highest BCUT2D eigenvalue weighted by Gasteiger charge is 2.33. The fourth-order valence-corrected chi connectivity index (χ4v) is 3.63. The van der Waals surface area contributed by atoms with Crippen molar-refractivity contribution in [2.45, 2.75) is 23.9 Å². The summed E-state index contributed by atoms with van der Waals surface area (Å²) in [6, 6.07) is 9.96. The van der Waals surface area contributed by atoms with Crippen LogP contribution in [0.25, 0.3) is 0 Å². The van der Waals surface area contributed by atoms with Gasteiger partial charge >= 0.3 is 6.18 Å². The van der Waals surface area contributed by atoms with Gasteiger partial charge in [0.1, 0.15) is 0 Å². The van der Waals surface area contributed by atoms with E-state index < -0.39 is 27.7 Å². The molecule has 1 aliphatic rings. The number of hydrogen-bond acceptors (Lipinski definition) is 4. The second-order valence-corrected chi connectivity index (χ2v) is 8.21. The first-order valence-corrected chi connectivity index (χ1v) is 9.97.